The Balaban J connectivity index is 0.000000119. The Labute approximate surface area is 263 Å². The summed E-state index contributed by atoms with van der Waals surface area (Å²) in [7, 11) is 0.777. The van der Waals surface area contributed by atoms with Crippen LogP contribution in [-0.4, -0.2) is 4.98 Å². The molecule has 8 rings (SSSR count). The SMILES string of the molecule is CCCCCC1c2ccccc2-c2ccccc21.c1ccc(Pc2ccccc2)cc1.c1ccc2c(c1)[nH]c1ccccc12. The molecular weight excluding hydrogens is 549 g/mol. The zero-order valence-electron chi connectivity index (χ0n) is 25.4. The molecular formula is C42H40NP. The van der Waals surface area contributed by atoms with Crippen LogP contribution in [0.15, 0.2) is 158 Å². The lowest BCUT2D eigenvalue weighted by molar-refractivity contribution is 0.625. The summed E-state index contributed by atoms with van der Waals surface area (Å²) in [6.45, 7) is 2.27. The highest BCUT2D eigenvalue weighted by Crippen LogP contribution is 2.46. The van der Waals surface area contributed by atoms with Crippen LogP contribution in [0.25, 0.3) is 32.9 Å². The molecule has 0 spiro atoms. The first-order valence-electron chi connectivity index (χ1n) is 15.8. The molecule has 0 saturated carbocycles. The summed E-state index contributed by atoms with van der Waals surface area (Å²) < 4.78 is 0. The largest absolute Gasteiger partial charge is 0.355 e. The minimum absolute atomic E-state index is 0.629. The molecule has 0 unspecified atom stereocenters. The monoisotopic (exact) mass is 589 g/mol. The fourth-order valence-electron chi connectivity index (χ4n) is 6.18. The molecule has 0 saturated heterocycles. The predicted octanol–water partition coefficient (Wildman–Crippen LogP) is 11.0. The van der Waals surface area contributed by atoms with Gasteiger partial charge in [-0.2, -0.15) is 0 Å². The third kappa shape index (κ3) is 7.02. The molecule has 0 fully saturated rings. The topological polar surface area (TPSA) is 15.8 Å². The van der Waals surface area contributed by atoms with Crippen LogP contribution >= 0.6 is 8.58 Å². The standard InChI is InChI=1S/C18H20.C12H9N.C12H11P/c1-2-3-4-9-14-15-10-5-7-12-17(15)18-13-8-6-11-16(14)18;1-3-7-11-9(5-1)10-6-2-4-8-12(10)13-11;1-3-7-11(8-4-1)13-12-9-5-2-6-10-12/h5-8,10-14H,2-4,9H2,1H3;1-8,13H;1-10,13H. The average molecular weight is 590 g/mol. The van der Waals surface area contributed by atoms with E-state index in [0.29, 0.717) is 5.92 Å². The first-order valence-corrected chi connectivity index (χ1v) is 16.8. The second-order valence-corrected chi connectivity index (χ2v) is 12.7. The highest BCUT2D eigenvalue weighted by molar-refractivity contribution is 7.55. The zero-order chi connectivity index (χ0) is 30.0. The normalized spacial score (nSPS) is 11.7. The van der Waals surface area contributed by atoms with Crippen LogP contribution < -0.4 is 10.6 Å². The third-order valence-electron chi connectivity index (χ3n) is 8.31. The lowest BCUT2D eigenvalue weighted by Gasteiger charge is -2.13. The van der Waals surface area contributed by atoms with Gasteiger partial charge in [-0.05, 0) is 51.4 Å². The number of aromatic amines is 1. The summed E-state index contributed by atoms with van der Waals surface area (Å²) in [5.41, 5.74) is 8.40. The molecule has 0 atom stereocenters. The van der Waals surface area contributed by atoms with E-state index >= 15 is 0 Å². The lowest BCUT2D eigenvalue weighted by Crippen LogP contribution is -2.01. The van der Waals surface area contributed by atoms with E-state index in [1.807, 2.05) is 0 Å². The van der Waals surface area contributed by atoms with E-state index in [9.17, 15) is 0 Å². The van der Waals surface area contributed by atoms with E-state index in [1.54, 1.807) is 0 Å². The number of nitrogens with one attached hydrogen (secondary N) is 1. The predicted molar refractivity (Wildman–Crippen MR) is 194 cm³/mol. The summed E-state index contributed by atoms with van der Waals surface area (Å²) in [4.78, 5) is 3.38. The van der Waals surface area contributed by atoms with Crippen molar-refractivity contribution in [3.05, 3.63) is 169 Å². The van der Waals surface area contributed by atoms with Crippen molar-refractivity contribution in [3.63, 3.8) is 0 Å². The van der Waals surface area contributed by atoms with Gasteiger partial charge in [-0.15, -0.1) is 0 Å². The van der Waals surface area contributed by atoms with Gasteiger partial charge in [-0.3, -0.25) is 0 Å². The number of rotatable bonds is 6. The minimum Gasteiger partial charge on any atom is -0.355 e. The van der Waals surface area contributed by atoms with Gasteiger partial charge >= 0.3 is 0 Å². The van der Waals surface area contributed by atoms with E-state index in [2.05, 4.69) is 170 Å². The molecule has 1 heterocycles. The maximum atomic E-state index is 3.38. The van der Waals surface area contributed by atoms with Crippen LogP contribution in [0.2, 0.25) is 0 Å². The molecule has 1 aliphatic rings. The maximum absolute atomic E-state index is 3.38. The average Bonchev–Trinajstić information content (AvgIpc) is 3.62. The molecule has 6 aromatic carbocycles. The Morgan fingerprint density at radius 3 is 1.41 bits per heavy atom. The number of hydrogen-bond acceptors (Lipinski definition) is 0. The number of para-hydroxylation sites is 2. The van der Waals surface area contributed by atoms with Crippen LogP contribution in [0.3, 0.4) is 0 Å². The van der Waals surface area contributed by atoms with Crippen molar-refractivity contribution in [1.82, 2.24) is 4.98 Å². The summed E-state index contributed by atoms with van der Waals surface area (Å²) >= 11 is 0. The molecule has 1 N–H and O–H groups in total. The van der Waals surface area contributed by atoms with Gasteiger partial charge in [0.05, 0.1) is 0 Å². The highest BCUT2D eigenvalue weighted by Gasteiger charge is 2.27. The van der Waals surface area contributed by atoms with Gasteiger partial charge in [-0.1, -0.05) is 180 Å². The van der Waals surface area contributed by atoms with Crippen LogP contribution in [0, 0.1) is 0 Å². The number of hydrogen-bond donors (Lipinski definition) is 1. The molecule has 0 aliphatic heterocycles. The second-order valence-electron chi connectivity index (χ2n) is 11.3. The second kappa shape index (κ2) is 14.8. The molecule has 1 aromatic heterocycles. The van der Waals surface area contributed by atoms with Gasteiger partial charge in [0.2, 0.25) is 0 Å². The summed E-state index contributed by atoms with van der Waals surface area (Å²) in [6.07, 6.45) is 5.28. The summed E-state index contributed by atoms with van der Waals surface area (Å²) in [5, 5.41) is 5.40. The van der Waals surface area contributed by atoms with E-state index in [1.165, 1.54) is 80.4 Å². The number of unbranched alkanes of at least 4 members (excludes halogenated alkanes) is 2. The fourth-order valence-corrected chi connectivity index (χ4v) is 7.23. The van der Waals surface area contributed by atoms with Gasteiger partial charge in [0.25, 0.3) is 0 Å². The van der Waals surface area contributed by atoms with E-state index in [4.69, 9.17) is 0 Å². The summed E-state index contributed by atoms with van der Waals surface area (Å²) in [6, 6.07) is 55.7. The van der Waals surface area contributed by atoms with Gasteiger partial charge < -0.3 is 4.98 Å². The third-order valence-corrected chi connectivity index (χ3v) is 9.55. The highest BCUT2D eigenvalue weighted by atomic mass is 31.1. The number of benzene rings is 6. The Bertz CT molecular complexity index is 1770. The minimum atomic E-state index is 0.629. The molecule has 0 amide bonds. The van der Waals surface area contributed by atoms with E-state index in [-0.39, 0.29) is 0 Å². The van der Waals surface area contributed by atoms with Crippen molar-refractivity contribution in [2.75, 3.05) is 0 Å². The van der Waals surface area contributed by atoms with Crippen LogP contribution in [0.1, 0.15) is 49.7 Å². The van der Waals surface area contributed by atoms with Crippen molar-refractivity contribution in [1.29, 1.82) is 0 Å². The Kier molecular flexibility index (Phi) is 9.98. The van der Waals surface area contributed by atoms with Gasteiger partial charge in [0.15, 0.2) is 0 Å². The van der Waals surface area contributed by atoms with Crippen LogP contribution in [0.5, 0.6) is 0 Å². The summed E-state index contributed by atoms with van der Waals surface area (Å²) in [5.74, 6) is 0.629. The number of fused-ring (bicyclic) bond motifs is 6. The molecule has 1 aliphatic carbocycles. The lowest BCUT2D eigenvalue weighted by atomic mass is 9.91. The van der Waals surface area contributed by atoms with E-state index < -0.39 is 0 Å². The Morgan fingerprint density at radius 2 is 0.909 bits per heavy atom. The quantitative estimate of drug-likeness (QED) is 0.147. The van der Waals surface area contributed by atoms with Crippen LogP contribution in [-0.2, 0) is 0 Å². The first-order chi connectivity index (χ1) is 21.8. The van der Waals surface area contributed by atoms with Crippen molar-refractivity contribution in [2.24, 2.45) is 0 Å². The maximum Gasteiger partial charge on any atom is 0.0464 e. The van der Waals surface area contributed by atoms with Gasteiger partial charge in [0, 0.05) is 27.7 Å². The van der Waals surface area contributed by atoms with Crippen molar-refractivity contribution in [3.8, 4) is 11.1 Å². The van der Waals surface area contributed by atoms with Gasteiger partial charge in [-0.25, -0.2) is 0 Å². The number of H-pyrrole nitrogens is 1. The molecule has 2 heteroatoms. The smallest absolute Gasteiger partial charge is 0.0464 e. The molecule has 7 aromatic rings. The number of aromatic nitrogens is 1. The molecule has 1 nitrogen and oxygen atoms in total. The zero-order valence-corrected chi connectivity index (χ0v) is 26.4. The fraction of sp³-hybridized carbons (Fsp3) is 0.143. The van der Waals surface area contributed by atoms with Crippen LogP contribution in [0.4, 0.5) is 0 Å². The van der Waals surface area contributed by atoms with Gasteiger partial charge in [0.1, 0.15) is 0 Å². The van der Waals surface area contributed by atoms with Crippen molar-refractivity contribution < 1.29 is 0 Å². The molecule has 44 heavy (non-hydrogen) atoms. The van der Waals surface area contributed by atoms with E-state index in [0.717, 1.165) is 8.58 Å². The Morgan fingerprint density at radius 1 is 0.477 bits per heavy atom. The van der Waals surface area contributed by atoms with Crippen molar-refractivity contribution in [2.45, 2.75) is 38.5 Å². The molecule has 218 valence electrons. The first kappa shape index (κ1) is 29.6. The Hall–Kier alpha value is -4.45. The van der Waals surface area contributed by atoms with Crippen molar-refractivity contribution >= 4 is 41.0 Å². The molecule has 0 bridgehead atoms. The molecule has 0 radical (unpaired) electrons.